The van der Waals surface area contributed by atoms with Gasteiger partial charge >= 0.3 is 11.9 Å². The van der Waals surface area contributed by atoms with Gasteiger partial charge in [0.05, 0.1) is 9.40 Å². The largest absolute Gasteiger partial charge is 0.477 e. The highest BCUT2D eigenvalue weighted by Crippen LogP contribution is 2.49. The molecule has 0 spiro atoms. The lowest BCUT2D eigenvalue weighted by Gasteiger charge is -2.02. The van der Waals surface area contributed by atoms with Gasteiger partial charge in [-0.1, -0.05) is 24.3 Å². The number of thiophene rings is 2. The maximum absolute atomic E-state index is 13.3. The van der Waals surface area contributed by atoms with E-state index in [0.717, 1.165) is 22.7 Å². The third-order valence-electron chi connectivity index (χ3n) is 4.18. The predicted molar refractivity (Wildman–Crippen MR) is 104 cm³/mol. The predicted octanol–water partition coefficient (Wildman–Crippen LogP) is 5.97. The smallest absolute Gasteiger partial charge is 0.346 e. The van der Waals surface area contributed by atoms with Crippen LogP contribution in [0.4, 0.5) is 8.78 Å². The summed E-state index contributed by atoms with van der Waals surface area (Å²) in [6.07, 6.45) is 0. The fourth-order valence-electron chi connectivity index (χ4n) is 2.99. The maximum atomic E-state index is 13.3. The van der Waals surface area contributed by atoms with Crippen LogP contribution in [-0.4, -0.2) is 22.2 Å². The topological polar surface area (TPSA) is 74.6 Å². The van der Waals surface area contributed by atoms with E-state index >= 15 is 0 Å². The van der Waals surface area contributed by atoms with Crippen LogP contribution in [0, 0.1) is 11.6 Å². The number of rotatable bonds is 4. The molecule has 4 aromatic rings. The molecule has 0 fully saturated rings. The van der Waals surface area contributed by atoms with Crippen LogP contribution in [0.3, 0.4) is 0 Å². The highest BCUT2D eigenvalue weighted by atomic mass is 32.1. The monoisotopic (exact) mass is 416 g/mol. The Balaban J connectivity index is 2.08. The molecule has 0 aliphatic heterocycles. The van der Waals surface area contributed by atoms with E-state index in [4.69, 9.17) is 0 Å². The summed E-state index contributed by atoms with van der Waals surface area (Å²) >= 11 is 1.91. The molecule has 28 heavy (non-hydrogen) atoms. The number of carboxylic acid groups (broad SMARTS) is 2. The van der Waals surface area contributed by atoms with E-state index in [1.54, 1.807) is 0 Å². The summed E-state index contributed by atoms with van der Waals surface area (Å²) < 4.78 is 27.6. The van der Waals surface area contributed by atoms with Crippen molar-refractivity contribution >= 4 is 44.0 Å². The Morgan fingerprint density at radius 3 is 1.25 bits per heavy atom. The van der Waals surface area contributed by atoms with Crippen LogP contribution in [0.25, 0.3) is 31.7 Å². The molecule has 0 atom stereocenters. The molecule has 4 nitrogen and oxygen atoms in total. The number of carboxylic acids is 2. The standard InChI is InChI=1S/C20H10F2O4S2/c21-11-5-1-9(2-6-11)13-15-16(28-17(13)19(23)24)14(18(27-15)20(25)26)10-3-7-12(22)8-4-10/h1-8H,(H,23,24)(H,25,26). The summed E-state index contributed by atoms with van der Waals surface area (Å²) in [5.74, 6) is -3.24. The Kier molecular flexibility index (Phi) is 4.44. The number of hydrogen-bond donors (Lipinski definition) is 2. The van der Waals surface area contributed by atoms with E-state index in [-0.39, 0.29) is 9.75 Å². The Morgan fingerprint density at radius 2 is 0.964 bits per heavy atom. The number of halogens is 2. The van der Waals surface area contributed by atoms with E-state index < -0.39 is 23.6 Å². The van der Waals surface area contributed by atoms with Crippen LogP contribution in [-0.2, 0) is 0 Å². The van der Waals surface area contributed by atoms with E-state index in [1.807, 2.05) is 0 Å². The van der Waals surface area contributed by atoms with Gasteiger partial charge in [0.2, 0.25) is 0 Å². The van der Waals surface area contributed by atoms with Gasteiger partial charge in [0.1, 0.15) is 21.4 Å². The first-order valence-electron chi connectivity index (χ1n) is 7.94. The summed E-state index contributed by atoms with van der Waals surface area (Å²) in [6, 6.07) is 10.7. The van der Waals surface area contributed by atoms with Gasteiger partial charge in [-0.05, 0) is 35.4 Å². The van der Waals surface area contributed by atoms with Crippen molar-refractivity contribution in [3.8, 4) is 22.3 Å². The van der Waals surface area contributed by atoms with Crippen molar-refractivity contribution in [1.29, 1.82) is 0 Å². The minimum atomic E-state index is -1.16. The summed E-state index contributed by atoms with van der Waals surface area (Å²) in [4.78, 5) is 23.7. The van der Waals surface area contributed by atoms with Crippen LogP contribution >= 0.6 is 22.7 Å². The molecule has 0 radical (unpaired) electrons. The number of benzene rings is 2. The van der Waals surface area contributed by atoms with Gasteiger partial charge < -0.3 is 10.2 Å². The molecule has 0 unspecified atom stereocenters. The molecule has 2 aromatic heterocycles. The average molecular weight is 416 g/mol. The van der Waals surface area contributed by atoms with Crippen molar-refractivity contribution in [2.24, 2.45) is 0 Å². The fraction of sp³-hybridized carbons (Fsp3) is 0. The van der Waals surface area contributed by atoms with Crippen LogP contribution in [0.5, 0.6) is 0 Å². The summed E-state index contributed by atoms with van der Waals surface area (Å²) in [5, 5.41) is 19.3. The van der Waals surface area contributed by atoms with Crippen LogP contribution in [0.15, 0.2) is 48.5 Å². The third kappa shape index (κ3) is 2.96. The van der Waals surface area contributed by atoms with Crippen molar-refractivity contribution in [2.75, 3.05) is 0 Å². The SMILES string of the molecule is O=C(O)c1sc2c(-c3ccc(F)cc3)c(C(=O)O)sc2c1-c1ccc(F)cc1. The molecule has 2 N–H and O–H groups in total. The molecule has 8 heteroatoms. The minimum Gasteiger partial charge on any atom is -0.477 e. The second-order valence-corrected chi connectivity index (χ2v) is 7.94. The zero-order valence-electron chi connectivity index (χ0n) is 13.9. The average Bonchev–Trinajstić information content (AvgIpc) is 3.20. The van der Waals surface area contributed by atoms with Crippen molar-refractivity contribution in [3.63, 3.8) is 0 Å². The number of carbonyl (C=O) groups is 2. The molecule has 0 saturated heterocycles. The highest BCUT2D eigenvalue weighted by Gasteiger charge is 2.28. The summed E-state index contributed by atoms with van der Waals surface area (Å²) in [7, 11) is 0. The Bertz CT molecular complexity index is 1120. The van der Waals surface area contributed by atoms with E-state index in [0.29, 0.717) is 31.7 Å². The lowest BCUT2D eigenvalue weighted by Crippen LogP contribution is -1.96. The van der Waals surface area contributed by atoms with E-state index in [9.17, 15) is 28.6 Å². The molecular weight excluding hydrogens is 406 g/mol. The van der Waals surface area contributed by atoms with Crippen molar-refractivity contribution in [2.45, 2.75) is 0 Å². The summed E-state index contributed by atoms with van der Waals surface area (Å²) in [5.41, 5.74) is 1.67. The first-order valence-corrected chi connectivity index (χ1v) is 9.58. The lowest BCUT2D eigenvalue weighted by atomic mass is 10.0. The Hall–Kier alpha value is -3.10. The fourth-order valence-corrected chi connectivity index (χ4v) is 5.63. The molecule has 4 rings (SSSR count). The molecule has 2 aromatic carbocycles. The molecule has 2 heterocycles. The first kappa shape index (κ1) is 18.3. The molecule has 140 valence electrons. The molecule has 0 aliphatic rings. The molecule has 0 saturated carbocycles. The third-order valence-corrected chi connectivity index (χ3v) is 6.70. The van der Waals surface area contributed by atoms with Gasteiger partial charge in [-0.15, -0.1) is 22.7 Å². The molecule has 0 bridgehead atoms. The minimum absolute atomic E-state index is 0.0353. The van der Waals surface area contributed by atoms with Crippen LogP contribution < -0.4 is 0 Å². The van der Waals surface area contributed by atoms with Gasteiger partial charge in [0.15, 0.2) is 0 Å². The zero-order chi connectivity index (χ0) is 20.0. The van der Waals surface area contributed by atoms with Gasteiger partial charge in [0, 0.05) is 11.1 Å². The van der Waals surface area contributed by atoms with Crippen LogP contribution in [0.1, 0.15) is 19.3 Å². The molecular formula is C20H10F2O4S2. The molecule has 0 amide bonds. The summed E-state index contributed by atoms with van der Waals surface area (Å²) in [6.45, 7) is 0. The Morgan fingerprint density at radius 1 is 0.643 bits per heavy atom. The zero-order valence-corrected chi connectivity index (χ0v) is 15.5. The quantitative estimate of drug-likeness (QED) is 0.430. The number of hydrogen-bond acceptors (Lipinski definition) is 4. The van der Waals surface area contributed by atoms with Crippen molar-refractivity contribution < 1.29 is 28.6 Å². The second-order valence-electron chi connectivity index (χ2n) is 5.89. The van der Waals surface area contributed by atoms with Gasteiger partial charge in [-0.2, -0.15) is 0 Å². The van der Waals surface area contributed by atoms with Gasteiger partial charge in [-0.25, -0.2) is 18.4 Å². The first-order chi connectivity index (χ1) is 13.4. The number of fused-ring (bicyclic) bond motifs is 1. The highest BCUT2D eigenvalue weighted by molar-refractivity contribution is 7.31. The van der Waals surface area contributed by atoms with E-state index in [2.05, 4.69) is 0 Å². The van der Waals surface area contributed by atoms with Crippen molar-refractivity contribution in [1.82, 2.24) is 0 Å². The Labute approximate surface area is 164 Å². The second kappa shape index (κ2) is 6.81. The lowest BCUT2D eigenvalue weighted by molar-refractivity contribution is 0.0692. The van der Waals surface area contributed by atoms with Gasteiger partial charge in [-0.3, -0.25) is 0 Å². The van der Waals surface area contributed by atoms with Crippen molar-refractivity contribution in [3.05, 3.63) is 69.9 Å². The van der Waals surface area contributed by atoms with E-state index in [1.165, 1.54) is 48.5 Å². The normalized spacial score (nSPS) is 11.1. The maximum Gasteiger partial charge on any atom is 0.346 e. The number of aromatic carboxylic acids is 2. The molecule has 0 aliphatic carbocycles. The van der Waals surface area contributed by atoms with Crippen LogP contribution in [0.2, 0.25) is 0 Å². The van der Waals surface area contributed by atoms with Gasteiger partial charge in [0.25, 0.3) is 0 Å².